The molecule has 0 amide bonds. The van der Waals surface area contributed by atoms with Gasteiger partial charge in [0.2, 0.25) is 0 Å². The van der Waals surface area contributed by atoms with E-state index in [1.807, 2.05) is 11.3 Å². The predicted octanol–water partition coefficient (Wildman–Crippen LogP) is 18.2. The Morgan fingerprint density at radius 1 is 0.407 bits per heavy atom. The van der Waals surface area contributed by atoms with Crippen LogP contribution in [0.2, 0.25) is 0 Å². The molecule has 1 unspecified atom stereocenters. The fraction of sp³-hybridized carbons (Fsp3) is 0.253. The zero-order valence-electron chi connectivity index (χ0n) is 55.0. The number of rotatable bonds is 5. The number of nitrogens with zero attached hydrogens (tertiary/aromatic N) is 3. The first-order chi connectivity index (χ1) is 43.5. The van der Waals surface area contributed by atoms with Crippen molar-refractivity contribution < 1.29 is 4.74 Å². The highest BCUT2D eigenvalue weighted by atomic mass is 32.1. The van der Waals surface area contributed by atoms with E-state index in [9.17, 15) is 0 Å². The Kier molecular flexibility index (Phi) is 12.1. The first-order valence-electron chi connectivity index (χ1n) is 33.1. The van der Waals surface area contributed by atoms with Crippen LogP contribution in [0.1, 0.15) is 130 Å². The smallest absolute Gasteiger partial charge is 0.268 e. The van der Waals surface area contributed by atoms with E-state index < -0.39 is 5.54 Å². The largest absolute Gasteiger partial charge is 0.458 e. The molecule has 10 aromatic carbocycles. The summed E-state index contributed by atoms with van der Waals surface area (Å²) in [6.07, 6.45) is 4.28. The van der Waals surface area contributed by atoms with Gasteiger partial charge in [-0.15, -0.1) is 11.3 Å². The number of thiophene rings is 1. The standard InChI is InChI=1S/C83H78B2N4OS/c1-47-35-49(3)74(50(4)36-47)53-39-68-76-69(40-53)88(56-27-30-60-62(44-56)83(13,86)34-33-81(60,9)10)66-25-19-18-24-63(66)84(76)64-45-65-71(46-67(64)87(68)55-21-15-14-16-22-55)90-72-42-54(75-51(5)37-48(2)38-52(75)6)41-70-77(72)85(65)79-78(58-23-17-20-26-73(58)91-79)89(70)57-28-29-59-61(43-57)82(11,12)32-31-80(59,7)8/h14-30,35-46H,31-34,86H2,1-13H3. The van der Waals surface area contributed by atoms with Crippen LogP contribution in [0.25, 0.3) is 32.3 Å². The van der Waals surface area contributed by atoms with Crippen molar-refractivity contribution in [3.05, 3.63) is 232 Å². The number of hydrogen-bond acceptors (Lipinski definition) is 6. The highest BCUT2D eigenvalue weighted by Gasteiger charge is 2.50. The molecule has 0 spiro atoms. The molecule has 448 valence electrons. The number of hydrogen-bond donors (Lipinski definition) is 1. The van der Waals surface area contributed by atoms with Crippen LogP contribution in [0.3, 0.4) is 0 Å². The van der Waals surface area contributed by atoms with E-state index in [4.69, 9.17) is 10.5 Å². The molecule has 1 atom stereocenters. The topological polar surface area (TPSA) is 45.0 Å². The van der Waals surface area contributed by atoms with Gasteiger partial charge in [0.05, 0.1) is 5.69 Å². The van der Waals surface area contributed by atoms with Gasteiger partial charge in [0.25, 0.3) is 13.4 Å². The van der Waals surface area contributed by atoms with Crippen molar-refractivity contribution in [2.24, 2.45) is 5.73 Å². The van der Waals surface area contributed by atoms with E-state index in [-0.39, 0.29) is 29.7 Å². The Balaban J connectivity index is 0.958. The monoisotopic (exact) mass is 1200 g/mol. The molecule has 4 aliphatic heterocycles. The van der Waals surface area contributed by atoms with Crippen molar-refractivity contribution in [2.45, 2.75) is 137 Å². The van der Waals surface area contributed by atoms with Crippen LogP contribution >= 0.6 is 11.3 Å². The molecule has 0 saturated carbocycles. The van der Waals surface area contributed by atoms with Crippen molar-refractivity contribution in [3.8, 4) is 33.8 Å². The molecule has 2 N–H and O–H groups in total. The Bertz CT molecular complexity index is 4940. The molecule has 0 saturated heterocycles. The molecule has 0 radical (unpaired) electrons. The molecule has 0 fully saturated rings. The minimum atomic E-state index is -0.474. The Hall–Kier alpha value is -8.55. The van der Waals surface area contributed by atoms with E-state index in [0.717, 1.165) is 47.8 Å². The quantitative estimate of drug-likeness (QED) is 0.174. The molecular formula is C83H78B2N4OS. The molecule has 8 heteroatoms. The van der Waals surface area contributed by atoms with Crippen LogP contribution in [0.4, 0.5) is 51.2 Å². The van der Waals surface area contributed by atoms with Gasteiger partial charge in [-0.1, -0.05) is 150 Å². The Morgan fingerprint density at radius 2 is 0.934 bits per heavy atom. The highest BCUT2D eigenvalue weighted by molar-refractivity contribution is 7.33. The zero-order valence-corrected chi connectivity index (χ0v) is 55.8. The summed E-state index contributed by atoms with van der Waals surface area (Å²) >= 11 is 1.95. The molecule has 5 heterocycles. The van der Waals surface area contributed by atoms with Crippen LogP contribution < -0.4 is 57.3 Å². The molecule has 6 aliphatic rings. The number of fused-ring (bicyclic) bond motifs is 12. The minimum absolute atomic E-state index is 0.00556. The summed E-state index contributed by atoms with van der Waals surface area (Å²) in [5.41, 5.74) is 41.8. The number of para-hydroxylation sites is 2. The van der Waals surface area contributed by atoms with Crippen molar-refractivity contribution in [1.82, 2.24) is 0 Å². The van der Waals surface area contributed by atoms with E-state index in [0.29, 0.717) is 0 Å². The summed E-state index contributed by atoms with van der Waals surface area (Å²) in [4.78, 5) is 7.80. The van der Waals surface area contributed by atoms with Gasteiger partial charge in [0.1, 0.15) is 11.5 Å². The zero-order chi connectivity index (χ0) is 62.7. The van der Waals surface area contributed by atoms with Crippen molar-refractivity contribution in [3.63, 3.8) is 0 Å². The molecular weight excluding hydrogens is 1120 g/mol. The van der Waals surface area contributed by atoms with E-state index in [1.54, 1.807) is 0 Å². The van der Waals surface area contributed by atoms with Gasteiger partial charge < -0.3 is 25.2 Å². The third-order valence-electron chi connectivity index (χ3n) is 22.3. The SMILES string of the molecule is Cc1cc(C)c(-c2cc3c4c(c2)N(c2ccc5c(c2)C(C)(C)CCC5(C)C)c2c(sc5ccccc25)B4c2cc4c(cc2O3)N(c2ccccc2)c2cc(-c3c(C)cc(C)cc3C)cc3c2B4c2ccccc2N3c2ccc3c(c2)C(C)(N)CCC3(C)C)c(C)c1. The molecule has 1 aromatic heterocycles. The van der Waals surface area contributed by atoms with Gasteiger partial charge in [-0.05, 0) is 257 Å². The van der Waals surface area contributed by atoms with Crippen LogP contribution in [-0.4, -0.2) is 13.4 Å². The average Bonchev–Trinajstić information content (AvgIpc) is 1.55. The normalized spacial score (nSPS) is 18.1. The van der Waals surface area contributed by atoms with Gasteiger partial charge in [-0.3, -0.25) is 0 Å². The summed E-state index contributed by atoms with van der Waals surface area (Å²) in [5, 5.41) is 1.27. The summed E-state index contributed by atoms with van der Waals surface area (Å²) in [6.45, 7) is 30.1. The minimum Gasteiger partial charge on any atom is -0.458 e. The number of benzene rings is 10. The third kappa shape index (κ3) is 8.26. The molecule has 91 heavy (non-hydrogen) atoms. The fourth-order valence-electron chi connectivity index (χ4n) is 17.9. The summed E-state index contributed by atoms with van der Waals surface area (Å²) in [6, 6.07) is 68.5. The molecule has 5 nitrogen and oxygen atoms in total. The van der Waals surface area contributed by atoms with Crippen molar-refractivity contribution >= 4 is 118 Å². The number of nitrogens with two attached hydrogens (primary N) is 1. The summed E-state index contributed by atoms with van der Waals surface area (Å²) in [7, 11) is 0. The van der Waals surface area contributed by atoms with Crippen molar-refractivity contribution in [2.75, 3.05) is 14.7 Å². The van der Waals surface area contributed by atoms with E-state index in [1.165, 1.54) is 161 Å². The Labute approximate surface area is 542 Å². The first kappa shape index (κ1) is 56.4. The van der Waals surface area contributed by atoms with Gasteiger partial charge in [0.15, 0.2) is 0 Å². The third-order valence-corrected chi connectivity index (χ3v) is 23.5. The van der Waals surface area contributed by atoms with Gasteiger partial charge in [-0.2, -0.15) is 0 Å². The molecule has 11 aromatic rings. The van der Waals surface area contributed by atoms with Gasteiger partial charge >= 0.3 is 0 Å². The maximum atomic E-state index is 7.85. The van der Waals surface area contributed by atoms with Gasteiger partial charge in [0, 0.05) is 72.0 Å². The van der Waals surface area contributed by atoms with Gasteiger partial charge in [-0.25, -0.2) is 0 Å². The van der Waals surface area contributed by atoms with Crippen LogP contribution in [0.15, 0.2) is 176 Å². The molecule has 2 aliphatic carbocycles. The van der Waals surface area contributed by atoms with E-state index >= 15 is 0 Å². The fourth-order valence-corrected chi connectivity index (χ4v) is 19.2. The summed E-state index contributed by atoms with van der Waals surface area (Å²) < 4.78 is 10.5. The highest BCUT2D eigenvalue weighted by Crippen LogP contribution is 2.55. The second-order valence-electron chi connectivity index (χ2n) is 30.0. The Morgan fingerprint density at radius 3 is 1.59 bits per heavy atom. The molecule has 0 bridgehead atoms. The lowest BCUT2D eigenvalue weighted by Crippen LogP contribution is -2.64. The van der Waals surface area contributed by atoms with Crippen molar-refractivity contribution in [1.29, 1.82) is 0 Å². The second-order valence-corrected chi connectivity index (χ2v) is 31.1. The average molecular weight is 1200 g/mol. The van der Waals surface area contributed by atoms with Crippen LogP contribution in [0, 0.1) is 41.5 Å². The predicted molar refractivity (Wildman–Crippen MR) is 390 cm³/mol. The maximum absolute atomic E-state index is 7.85. The lowest BCUT2D eigenvalue weighted by Gasteiger charge is -2.46. The maximum Gasteiger partial charge on any atom is 0.268 e. The number of anilines is 9. The first-order valence-corrected chi connectivity index (χ1v) is 33.9. The van der Waals surface area contributed by atoms with Crippen LogP contribution in [0.5, 0.6) is 11.5 Å². The number of ether oxygens (including phenoxy) is 1. The number of aryl methyl sites for hydroxylation is 6. The van der Waals surface area contributed by atoms with E-state index in [2.05, 4.69) is 281 Å². The lowest BCUT2D eigenvalue weighted by atomic mass is 9.31. The molecule has 17 rings (SSSR count). The summed E-state index contributed by atoms with van der Waals surface area (Å²) in [5.74, 6) is 1.81. The van der Waals surface area contributed by atoms with Crippen LogP contribution in [-0.2, 0) is 21.8 Å². The lowest BCUT2D eigenvalue weighted by molar-refractivity contribution is 0.319. The second kappa shape index (κ2) is 19.5.